The fraction of sp³-hybridized carbons (Fsp3) is 0.192. The first-order chi connectivity index (χ1) is 16.0. The minimum Gasteiger partial charge on any atom is -0.441 e. The number of hydrogen-bond donors (Lipinski definition) is 0. The molecular weight excluding hydrogens is 434 g/mol. The Hall–Kier alpha value is -3.42. The van der Waals surface area contributed by atoms with Crippen molar-refractivity contribution >= 4 is 33.0 Å². The van der Waals surface area contributed by atoms with Gasteiger partial charge in [0.1, 0.15) is 0 Å². The number of aromatic nitrogens is 1. The van der Waals surface area contributed by atoms with Gasteiger partial charge >= 0.3 is 0 Å². The molecule has 0 N–H and O–H groups in total. The van der Waals surface area contributed by atoms with E-state index in [9.17, 15) is 9.00 Å². The van der Waals surface area contributed by atoms with E-state index in [4.69, 9.17) is 4.18 Å². The minimum absolute atomic E-state index is 0.0355. The maximum Gasteiger partial charge on any atom is 0.258 e. The molecule has 1 aliphatic heterocycles. The number of pyridine rings is 1. The summed E-state index contributed by atoms with van der Waals surface area (Å²) in [4.78, 5) is 15.0. The van der Waals surface area contributed by atoms with Crippen LogP contribution in [0.25, 0.3) is 21.9 Å². The highest BCUT2D eigenvalue weighted by Crippen LogP contribution is 2.41. The molecule has 0 amide bonds. The molecule has 33 heavy (non-hydrogen) atoms. The van der Waals surface area contributed by atoms with E-state index in [-0.39, 0.29) is 5.56 Å². The largest absolute Gasteiger partial charge is 0.441 e. The molecule has 0 atom stereocenters. The van der Waals surface area contributed by atoms with E-state index in [1.165, 1.54) is 12.7 Å². The fourth-order valence-corrected chi connectivity index (χ4v) is 4.91. The Morgan fingerprint density at radius 2 is 1.76 bits per heavy atom. The van der Waals surface area contributed by atoms with E-state index in [1.807, 2.05) is 54.7 Å². The molecule has 0 fully saturated rings. The molecule has 7 heteroatoms. The first kappa shape index (κ1) is 21.4. The summed E-state index contributed by atoms with van der Waals surface area (Å²) in [6, 6.07) is 22.1. The number of anilines is 1. The number of aryl methyl sites for hydroxylation is 1. The Balaban J connectivity index is 1.72. The number of fused-ring (bicyclic) bond motifs is 2. The van der Waals surface area contributed by atoms with E-state index in [2.05, 4.69) is 27.5 Å². The zero-order chi connectivity index (χ0) is 22.9. The van der Waals surface area contributed by atoms with Crippen LogP contribution in [0, 0.1) is 0 Å². The van der Waals surface area contributed by atoms with E-state index < -0.39 is 10.9 Å². The van der Waals surface area contributed by atoms with Crippen LogP contribution in [-0.4, -0.2) is 18.2 Å². The summed E-state index contributed by atoms with van der Waals surface area (Å²) >= 11 is 0. The second-order valence-electron chi connectivity index (χ2n) is 8.13. The van der Waals surface area contributed by atoms with Gasteiger partial charge in [-0.15, -0.1) is 0 Å². The van der Waals surface area contributed by atoms with Gasteiger partial charge in [0.2, 0.25) is 0 Å². The molecule has 168 valence electrons. The highest BCUT2D eigenvalue weighted by Gasteiger charge is 2.23. The normalized spacial score (nSPS) is 14.1. The van der Waals surface area contributed by atoms with Gasteiger partial charge in [-0.25, -0.2) is 0 Å². The van der Waals surface area contributed by atoms with Crippen molar-refractivity contribution in [1.29, 1.82) is 0 Å². The first-order valence-corrected chi connectivity index (χ1v) is 11.8. The predicted octanol–water partition coefficient (Wildman–Crippen LogP) is 5.11. The molecule has 4 aromatic rings. The average Bonchev–Trinajstić information content (AvgIpc) is 3.24. The van der Waals surface area contributed by atoms with Crippen molar-refractivity contribution in [2.75, 3.05) is 18.6 Å². The van der Waals surface area contributed by atoms with Gasteiger partial charge < -0.3 is 22.2 Å². The van der Waals surface area contributed by atoms with Crippen molar-refractivity contribution < 1.29 is 8.39 Å². The fourth-order valence-electron chi connectivity index (χ4n) is 4.52. The summed E-state index contributed by atoms with van der Waals surface area (Å²) in [6.45, 7) is 1.63. The Morgan fingerprint density at radius 3 is 2.52 bits per heavy atom. The summed E-state index contributed by atoms with van der Waals surface area (Å²) in [7, 11) is 1.38. The van der Waals surface area contributed by atoms with Gasteiger partial charge in [-0.2, -0.15) is 0 Å². The van der Waals surface area contributed by atoms with Crippen LogP contribution in [0.3, 0.4) is 0 Å². The second kappa shape index (κ2) is 8.84. The lowest BCUT2D eigenvalue weighted by molar-refractivity contribution is 0.438. The monoisotopic (exact) mass is 458 g/mol. The maximum absolute atomic E-state index is 12.7. The van der Waals surface area contributed by atoms with Crippen LogP contribution < -0.4 is 10.5 Å². The third kappa shape index (κ3) is 4.05. The van der Waals surface area contributed by atoms with Crippen molar-refractivity contribution in [2.45, 2.75) is 13.0 Å². The molecule has 0 radical (unpaired) electrons. The molecule has 2 heterocycles. The zero-order valence-corrected chi connectivity index (χ0v) is 19.3. The van der Waals surface area contributed by atoms with Crippen LogP contribution in [0.2, 0.25) is 0 Å². The van der Waals surface area contributed by atoms with Crippen molar-refractivity contribution in [3.05, 3.63) is 94.4 Å². The van der Waals surface area contributed by atoms with Crippen LogP contribution >= 0.6 is 0 Å². The summed E-state index contributed by atoms with van der Waals surface area (Å²) < 4.78 is 23.1. The lowest BCUT2D eigenvalue weighted by atomic mass is 9.97. The molecule has 3 aromatic carbocycles. The smallest absolute Gasteiger partial charge is 0.258 e. The van der Waals surface area contributed by atoms with Crippen LogP contribution in [0.15, 0.2) is 82.1 Å². The zero-order valence-electron chi connectivity index (χ0n) is 18.5. The predicted molar refractivity (Wildman–Crippen MR) is 133 cm³/mol. The van der Waals surface area contributed by atoms with Crippen LogP contribution in [0.1, 0.15) is 11.1 Å². The standard InChI is InChI=1S/C26H24N3O3S/c1-28-17-23(20-10-6-7-11-21(20)26(28)30)19-14-24(27-33(31)32-2)22-12-13-29(25(22)15-19)16-18-8-4-3-5-9-18/h3-11,14-15,17H,12-13,16H2,1-2H3/q-1. The number of hydrogen-bond acceptors (Lipinski definition) is 6. The lowest BCUT2D eigenvalue weighted by Crippen LogP contribution is -2.19. The first-order valence-electron chi connectivity index (χ1n) is 10.8. The van der Waals surface area contributed by atoms with Gasteiger partial charge in [-0.1, -0.05) is 59.4 Å². The summed E-state index contributed by atoms with van der Waals surface area (Å²) in [6.07, 6.45) is 2.68. The molecule has 1 aromatic heterocycles. The Morgan fingerprint density at radius 1 is 1.03 bits per heavy atom. The quantitative estimate of drug-likeness (QED) is 0.390. The molecule has 6 nitrogen and oxygen atoms in total. The Bertz CT molecular complexity index is 1490. The molecule has 5 rings (SSSR count). The number of nitrogens with zero attached hydrogens (tertiary/aromatic N) is 3. The van der Waals surface area contributed by atoms with Crippen molar-refractivity contribution in [2.24, 2.45) is 11.4 Å². The summed E-state index contributed by atoms with van der Waals surface area (Å²) in [5.74, 6) is 0. The third-order valence-corrected chi connectivity index (χ3v) is 6.74. The van der Waals surface area contributed by atoms with Gasteiger partial charge in [0, 0.05) is 61.3 Å². The van der Waals surface area contributed by atoms with Crippen LogP contribution in [0.4, 0.5) is 11.4 Å². The van der Waals surface area contributed by atoms with Crippen LogP contribution in [0.5, 0.6) is 0 Å². The van der Waals surface area contributed by atoms with E-state index in [0.29, 0.717) is 11.1 Å². The van der Waals surface area contributed by atoms with Gasteiger partial charge in [0.05, 0.1) is 0 Å². The molecule has 0 saturated heterocycles. The van der Waals surface area contributed by atoms with Crippen molar-refractivity contribution in [3.63, 3.8) is 0 Å². The van der Waals surface area contributed by atoms with Gasteiger partial charge in [-0.05, 0) is 41.1 Å². The van der Waals surface area contributed by atoms with Crippen molar-refractivity contribution in [1.82, 2.24) is 4.57 Å². The third-order valence-electron chi connectivity index (χ3n) is 6.11. The minimum atomic E-state index is -1.77. The second-order valence-corrected chi connectivity index (χ2v) is 9.08. The Kier molecular flexibility index (Phi) is 5.74. The number of rotatable bonds is 5. The van der Waals surface area contributed by atoms with E-state index in [1.54, 1.807) is 11.6 Å². The molecule has 0 aliphatic carbocycles. The average molecular weight is 459 g/mol. The molecule has 1 aliphatic rings. The topological polar surface area (TPSA) is 63.9 Å². The molecule has 0 saturated carbocycles. The van der Waals surface area contributed by atoms with Gasteiger partial charge in [-0.3, -0.25) is 4.79 Å². The highest BCUT2D eigenvalue weighted by atomic mass is 32.2. The SMILES string of the molecule is CO[S-](=O)=Nc1cc(-c2cn(C)c(=O)c3ccccc23)cc2c1CCN2Cc1ccccc1. The summed E-state index contributed by atoms with van der Waals surface area (Å²) in [5.41, 5.74) is 5.84. The Labute approximate surface area is 194 Å². The highest BCUT2D eigenvalue weighted by molar-refractivity contribution is 7.69. The molecule has 0 bridgehead atoms. The number of benzene rings is 3. The van der Waals surface area contributed by atoms with E-state index in [0.717, 1.165) is 47.3 Å². The van der Waals surface area contributed by atoms with E-state index >= 15 is 0 Å². The van der Waals surface area contributed by atoms with Crippen molar-refractivity contribution in [3.8, 4) is 11.1 Å². The summed E-state index contributed by atoms with van der Waals surface area (Å²) in [5, 5.41) is 1.55. The molecule has 0 spiro atoms. The van der Waals surface area contributed by atoms with Gasteiger partial charge in [0.25, 0.3) is 5.56 Å². The van der Waals surface area contributed by atoms with Crippen LogP contribution in [-0.2, 0) is 39.3 Å². The lowest BCUT2D eigenvalue weighted by Gasteiger charge is -2.21. The van der Waals surface area contributed by atoms with Gasteiger partial charge in [0.15, 0.2) is 0 Å². The maximum atomic E-state index is 12.7. The molecular formula is C26H24N3O3S-. The molecule has 0 unspecified atom stereocenters.